The number of aromatic hydroxyl groups is 1. The molecule has 8 rings (SSSR count). The highest BCUT2D eigenvalue weighted by atomic mass is 35.5. The van der Waals surface area contributed by atoms with Gasteiger partial charge < -0.3 is 5.11 Å². The molecule has 6 atom stereocenters. The van der Waals surface area contributed by atoms with E-state index in [4.69, 9.17) is 11.6 Å². The Balaban J connectivity index is 1.34. The van der Waals surface area contributed by atoms with Crippen LogP contribution in [-0.4, -0.2) is 28.5 Å². The maximum Gasteiger partial charge on any atom is 0.238 e. The van der Waals surface area contributed by atoms with Crippen molar-refractivity contribution in [1.82, 2.24) is 0 Å². The lowest BCUT2D eigenvalue weighted by atomic mass is 9.44. The fourth-order valence-electron chi connectivity index (χ4n) is 8.89. The van der Waals surface area contributed by atoms with Gasteiger partial charge in [-0.25, -0.2) is 4.90 Å². The van der Waals surface area contributed by atoms with Gasteiger partial charge in [0, 0.05) is 22.4 Å². The molecule has 1 saturated carbocycles. The first-order chi connectivity index (χ1) is 23.2. The van der Waals surface area contributed by atoms with Crippen molar-refractivity contribution in [3.8, 4) is 5.75 Å². The Kier molecular flexibility index (Phi) is 7.11. The van der Waals surface area contributed by atoms with Gasteiger partial charge in [0.1, 0.15) is 5.75 Å². The Morgan fingerprint density at radius 3 is 2.19 bits per heavy atom. The van der Waals surface area contributed by atoms with Crippen LogP contribution in [0.15, 0.2) is 121 Å². The van der Waals surface area contributed by atoms with Gasteiger partial charge in [0.25, 0.3) is 0 Å². The molecule has 3 aliphatic carbocycles. The number of Topliss-reactive ketones (excluding diaryl/α,β-unsaturated/α-hetero) is 1. The number of anilines is 1. The summed E-state index contributed by atoms with van der Waals surface area (Å²) in [5.74, 6) is -4.08. The number of halogens is 1. The van der Waals surface area contributed by atoms with Crippen LogP contribution < -0.4 is 4.90 Å². The average molecular weight is 654 g/mol. The fraction of sp³-hybridized carbons (Fsp3) is 0.220. The Labute approximate surface area is 283 Å². The normalized spacial score (nSPS) is 28.0. The maximum atomic E-state index is 15.0. The number of hydrogen-bond acceptors (Lipinski definition) is 5. The number of phenolic OH excluding ortho intramolecular Hbond substituents is 1. The monoisotopic (exact) mass is 653 g/mol. The van der Waals surface area contributed by atoms with E-state index in [2.05, 4.69) is 0 Å². The number of phenols is 1. The highest BCUT2D eigenvalue weighted by Gasteiger charge is 2.66. The van der Waals surface area contributed by atoms with Crippen LogP contribution in [0.5, 0.6) is 5.75 Å². The molecule has 4 aromatic rings. The zero-order valence-electron chi connectivity index (χ0n) is 26.2. The van der Waals surface area contributed by atoms with E-state index in [1.54, 1.807) is 42.5 Å². The summed E-state index contributed by atoms with van der Waals surface area (Å²) in [5.41, 5.74) is 3.34. The van der Waals surface area contributed by atoms with Crippen LogP contribution in [0.3, 0.4) is 0 Å². The largest absolute Gasteiger partial charge is 0.508 e. The standard InChI is InChI=1S/C41H32ClNO5/c1-23-12-15-27(20-34(23)42)43-39(47)30-19-18-29-32(36(30)40(43)48)21-33-38(46)31(24-8-4-2-5-9-24)22-35(45)41(33,26-10-6-3-7-11-26)37(29)25-13-16-28(44)17-14-25/h2-18,20,22,30,32-33,36-37,44H,19,21H2,1H3/t30-,32+,33-,36-,37-,41-/m0/s1. The van der Waals surface area contributed by atoms with Gasteiger partial charge in [-0.15, -0.1) is 0 Å². The molecule has 0 bridgehead atoms. The zero-order valence-corrected chi connectivity index (χ0v) is 26.9. The lowest BCUT2D eigenvalue weighted by Gasteiger charge is -2.55. The van der Waals surface area contributed by atoms with Crippen molar-refractivity contribution in [2.24, 2.45) is 23.7 Å². The van der Waals surface area contributed by atoms with E-state index in [9.17, 15) is 24.3 Å². The second-order valence-corrected chi connectivity index (χ2v) is 13.7. The van der Waals surface area contributed by atoms with E-state index in [1.165, 1.54) is 11.0 Å². The number of fused-ring (bicyclic) bond motifs is 4. The number of nitrogens with zero attached hydrogens (tertiary/aromatic N) is 1. The molecule has 1 heterocycles. The minimum Gasteiger partial charge on any atom is -0.508 e. The van der Waals surface area contributed by atoms with Gasteiger partial charge in [-0.05, 0) is 78.3 Å². The highest BCUT2D eigenvalue weighted by Crippen LogP contribution is 2.63. The SMILES string of the molecule is Cc1ccc(N2C(=O)[C@H]3[C@H](CC=C4[C@H]3C[C@H]3C(=O)C(c5ccccc5)=CC(=O)[C@@]3(c3ccccc3)[C@H]4c3ccc(O)cc3)C2=O)cc1Cl. The smallest absolute Gasteiger partial charge is 0.238 e. The molecular formula is C41H32ClNO5. The Morgan fingerprint density at radius 1 is 0.812 bits per heavy atom. The fourth-order valence-corrected chi connectivity index (χ4v) is 9.07. The number of carbonyl (C=O) groups excluding carboxylic acids is 4. The maximum absolute atomic E-state index is 15.0. The van der Waals surface area contributed by atoms with Gasteiger partial charge >= 0.3 is 0 Å². The summed E-state index contributed by atoms with van der Waals surface area (Å²) < 4.78 is 0. The van der Waals surface area contributed by atoms with Crippen molar-refractivity contribution in [3.63, 3.8) is 0 Å². The molecular weight excluding hydrogens is 622 g/mol. The van der Waals surface area contributed by atoms with Gasteiger partial charge in [0.05, 0.1) is 22.9 Å². The molecule has 238 valence electrons. The third kappa shape index (κ3) is 4.32. The molecule has 6 nitrogen and oxygen atoms in total. The van der Waals surface area contributed by atoms with Crippen LogP contribution in [0.25, 0.3) is 5.57 Å². The van der Waals surface area contributed by atoms with Crippen molar-refractivity contribution < 1.29 is 24.3 Å². The summed E-state index contributed by atoms with van der Waals surface area (Å²) >= 11 is 6.44. The second-order valence-electron chi connectivity index (χ2n) is 13.3. The Hall–Kier alpha value is -5.07. The third-order valence-electron chi connectivity index (χ3n) is 11.0. The molecule has 48 heavy (non-hydrogen) atoms. The predicted molar refractivity (Wildman–Crippen MR) is 183 cm³/mol. The summed E-state index contributed by atoms with van der Waals surface area (Å²) in [6.45, 7) is 1.86. The minimum atomic E-state index is -1.31. The summed E-state index contributed by atoms with van der Waals surface area (Å²) in [4.78, 5) is 59.7. The van der Waals surface area contributed by atoms with Gasteiger partial charge in [-0.1, -0.05) is 102 Å². The lowest BCUT2D eigenvalue weighted by molar-refractivity contribution is -0.135. The number of aryl methyl sites for hydroxylation is 1. The van der Waals surface area contributed by atoms with Crippen LogP contribution in [0.4, 0.5) is 5.69 Å². The second kappa shape index (κ2) is 11.3. The highest BCUT2D eigenvalue weighted by molar-refractivity contribution is 6.33. The minimum absolute atomic E-state index is 0.0791. The number of hydrogen-bond donors (Lipinski definition) is 1. The molecule has 7 heteroatoms. The van der Waals surface area contributed by atoms with E-state index < -0.39 is 35.0 Å². The van der Waals surface area contributed by atoms with Crippen molar-refractivity contribution in [2.45, 2.75) is 31.1 Å². The number of imide groups is 1. The third-order valence-corrected chi connectivity index (χ3v) is 11.4. The molecule has 2 amide bonds. The Bertz CT molecular complexity index is 2070. The summed E-state index contributed by atoms with van der Waals surface area (Å²) in [6.07, 6.45) is 4.10. The molecule has 1 N–H and O–H groups in total. The van der Waals surface area contributed by atoms with E-state index in [0.29, 0.717) is 28.3 Å². The van der Waals surface area contributed by atoms with Crippen molar-refractivity contribution >= 4 is 46.2 Å². The molecule has 0 spiro atoms. The topological polar surface area (TPSA) is 91.8 Å². The van der Waals surface area contributed by atoms with Crippen LogP contribution in [0.1, 0.15) is 41.0 Å². The van der Waals surface area contributed by atoms with Crippen LogP contribution in [0.2, 0.25) is 5.02 Å². The number of carbonyl (C=O) groups is 4. The van der Waals surface area contributed by atoms with Gasteiger partial charge in [0.2, 0.25) is 11.8 Å². The zero-order chi connectivity index (χ0) is 33.3. The Morgan fingerprint density at radius 2 is 1.50 bits per heavy atom. The van der Waals surface area contributed by atoms with Crippen molar-refractivity contribution in [2.75, 3.05) is 4.90 Å². The first-order valence-electron chi connectivity index (χ1n) is 16.3. The molecule has 1 aliphatic heterocycles. The first-order valence-corrected chi connectivity index (χ1v) is 16.6. The molecule has 4 aliphatic rings. The molecule has 4 aromatic carbocycles. The number of ketones is 2. The van der Waals surface area contributed by atoms with Crippen LogP contribution in [-0.2, 0) is 24.6 Å². The van der Waals surface area contributed by atoms with E-state index >= 15 is 0 Å². The molecule has 0 aromatic heterocycles. The average Bonchev–Trinajstić information content (AvgIpc) is 3.37. The van der Waals surface area contributed by atoms with E-state index in [1.807, 2.05) is 73.7 Å². The summed E-state index contributed by atoms with van der Waals surface area (Å²) in [7, 11) is 0. The van der Waals surface area contributed by atoms with Crippen LogP contribution >= 0.6 is 11.6 Å². The predicted octanol–water partition coefficient (Wildman–Crippen LogP) is 7.38. The number of allylic oxidation sites excluding steroid dienone is 4. The first kappa shape index (κ1) is 30.3. The van der Waals surface area contributed by atoms with Crippen molar-refractivity contribution in [3.05, 3.63) is 148 Å². The summed E-state index contributed by atoms with van der Waals surface area (Å²) in [5, 5.41) is 10.7. The van der Waals surface area contributed by atoms with Crippen molar-refractivity contribution in [1.29, 1.82) is 0 Å². The lowest BCUT2D eigenvalue weighted by Crippen LogP contribution is -2.58. The number of benzene rings is 4. The van der Waals surface area contributed by atoms with Gasteiger partial charge in [0.15, 0.2) is 11.6 Å². The summed E-state index contributed by atoms with van der Waals surface area (Å²) in [6, 6.07) is 30.6. The number of amides is 2. The molecule has 0 unspecified atom stereocenters. The van der Waals surface area contributed by atoms with Gasteiger partial charge in [-0.2, -0.15) is 0 Å². The molecule has 0 radical (unpaired) electrons. The van der Waals surface area contributed by atoms with Gasteiger partial charge in [-0.3, -0.25) is 19.2 Å². The van der Waals surface area contributed by atoms with Crippen LogP contribution in [0, 0.1) is 30.6 Å². The number of rotatable bonds is 4. The molecule has 1 saturated heterocycles. The quantitative estimate of drug-likeness (QED) is 0.183. The molecule has 2 fully saturated rings. The van der Waals surface area contributed by atoms with E-state index in [-0.39, 0.29) is 35.6 Å². The van der Waals surface area contributed by atoms with E-state index in [0.717, 1.165) is 22.3 Å².